The average Bonchev–Trinajstić information content (AvgIpc) is 1.98. The Morgan fingerprint density at radius 2 is 2.09 bits per heavy atom. The summed E-state index contributed by atoms with van der Waals surface area (Å²) in [5.41, 5.74) is 5.98. The summed E-state index contributed by atoms with van der Waals surface area (Å²) < 4.78 is 21.1. The molecule has 64 valence electrons. The van der Waals surface area contributed by atoms with Crippen LogP contribution >= 0.6 is 0 Å². The second-order valence-corrected chi connectivity index (χ2v) is 3.12. The lowest BCUT2D eigenvalue weighted by atomic mass is 10.3. The van der Waals surface area contributed by atoms with Gasteiger partial charge in [-0.2, -0.15) is 0 Å². The first kappa shape index (κ1) is 10.4. The smallest absolute Gasteiger partial charge is 0.168 e. The largest absolute Gasteiger partial charge is 0.327 e. The fraction of sp³-hybridized carbons (Fsp3) is 0.429. The van der Waals surface area contributed by atoms with Crippen molar-refractivity contribution in [1.29, 1.82) is 0 Å². The van der Waals surface area contributed by atoms with E-state index in [4.69, 9.17) is 5.73 Å². The van der Waals surface area contributed by atoms with E-state index in [-0.39, 0.29) is 6.54 Å². The molecule has 0 spiro atoms. The number of allylic oxidation sites excluding steroid dienone is 2. The summed E-state index contributed by atoms with van der Waals surface area (Å²) in [6.45, 7) is 3.76. The van der Waals surface area contributed by atoms with E-state index >= 15 is 0 Å². The highest BCUT2D eigenvalue weighted by Gasteiger charge is 1.98. The van der Waals surface area contributed by atoms with Crippen LogP contribution in [0.4, 0.5) is 0 Å². The Balaban J connectivity index is 4.87. The van der Waals surface area contributed by atoms with Crippen molar-refractivity contribution in [2.75, 3.05) is 6.54 Å². The van der Waals surface area contributed by atoms with Gasteiger partial charge in [0.25, 0.3) is 0 Å². The molecule has 3 nitrogen and oxygen atoms in total. The van der Waals surface area contributed by atoms with Crippen molar-refractivity contribution in [3.63, 3.8) is 0 Å². The quantitative estimate of drug-likeness (QED) is 0.482. The third-order valence-corrected chi connectivity index (χ3v) is 2.19. The van der Waals surface area contributed by atoms with Gasteiger partial charge in [0.1, 0.15) is 0 Å². The van der Waals surface area contributed by atoms with E-state index in [1.165, 1.54) is 0 Å². The summed E-state index contributed by atoms with van der Waals surface area (Å²) in [7, 11) is -2.50. The number of thiol groups is 1. The van der Waals surface area contributed by atoms with Gasteiger partial charge >= 0.3 is 0 Å². The van der Waals surface area contributed by atoms with Gasteiger partial charge in [-0.3, -0.25) is 0 Å². The molecule has 0 bridgehead atoms. The topological polar surface area (TPSA) is 60.2 Å². The van der Waals surface area contributed by atoms with Gasteiger partial charge in [-0.15, -0.1) is 0 Å². The van der Waals surface area contributed by atoms with Crippen molar-refractivity contribution >= 4 is 10.7 Å². The molecule has 0 radical (unpaired) electrons. The van der Waals surface area contributed by atoms with Gasteiger partial charge in [0.2, 0.25) is 0 Å². The molecule has 0 fully saturated rings. The van der Waals surface area contributed by atoms with E-state index in [0.717, 1.165) is 0 Å². The van der Waals surface area contributed by atoms with Gasteiger partial charge in [0.05, 0.1) is 4.91 Å². The van der Waals surface area contributed by atoms with E-state index in [9.17, 15) is 8.42 Å². The van der Waals surface area contributed by atoms with Crippen LogP contribution in [0.15, 0.2) is 22.6 Å². The van der Waals surface area contributed by atoms with Gasteiger partial charge in [-0.05, 0) is 25.5 Å². The standard InChI is InChI=1S/C7H13NO2S/c1-3-4-7(11(9)10)6(2)5-8/h3-4,11H,5,8H2,1-2H3/b4-3-,7-6-. The number of hydrogen-bond donors (Lipinski definition) is 2. The molecule has 4 heteroatoms. The first-order chi connectivity index (χ1) is 5.13. The van der Waals surface area contributed by atoms with E-state index < -0.39 is 10.7 Å². The molecule has 2 N–H and O–H groups in total. The summed E-state index contributed by atoms with van der Waals surface area (Å²) in [5, 5.41) is 0. The van der Waals surface area contributed by atoms with Crippen molar-refractivity contribution in [2.24, 2.45) is 5.73 Å². The first-order valence-electron chi connectivity index (χ1n) is 3.30. The lowest BCUT2D eigenvalue weighted by Gasteiger charge is -1.96. The lowest BCUT2D eigenvalue weighted by molar-refractivity contribution is 0.620. The Kier molecular flexibility index (Phi) is 4.81. The predicted octanol–water partition coefficient (Wildman–Crippen LogP) is 0.407. The molecular formula is C7H13NO2S. The number of nitrogens with two attached hydrogens (primary N) is 1. The second kappa shape index (κ2) is 5.09. The van der Waals surface area contributed by atoms with Gasteiger partial charge in [0.15, 0.2) is 10.7 Å². The second-order valence-electron chi connectivity index (χ2n) is 2.13. The Labute approximate surface area is 68.5 Å². The third kappa shape index (κ3) is 3.34. The minimum absolute atomic E-state index is 0.281. The highest BCUT2D eigenvalue weighted by molar-refractivity contribution is 7.77. The maximum Gasteiger partial charge on any atom is 0.168 e. The van der Waals surface area contributed by atoms with Gasteiger partial charge in [-0.25, -0.2) is 8.42 Å². The van der Waals surface area contributed by atoms with Crippen LogP contribution in [-0.2, 0) is 10.7 Å². The SMILES string of the molecule is C/C=C\C(=C(/C)CN)[SH](=O)=O. The predicted molar refractivity (Wildman–Crippen MR) is 46.9 cm³/mol. The van der Waals surface area contributed by atoms with Crippen molar-refractivity contribution < 1.29 is 8.42 Å². The molecule has 0 aromatic heterocycles. The maximum atomic E-state index is 10.6. The molecule has 0 heterocycles. The molecular weight excluding hydrogens is 162 g/mol. The van der Waals surface area contributed by atoms with Crippen LogP contribution in [0.5, 0.6) is 0 Å². The Morgan fingerprint density at radius 3 is 2.36 bits per heavy atom. The van der Waals surface area contributed by atoms with Crippen LogP contribution in [0.3, 0.4) is 0 Å². The minimum Gasteiger partial charge on any atom is -0.327 e. The Bertz CT molecular complexity index is 243. The number of hydrogen-bond acceptors (Lipinski definition) is 3. The van der Waals surface area contributed by atoms with E-state index in [2.05, 4.69) is 0 Å². The summed E-state index contributed by atoms with van der Waals surface area (Å²) >= 11 is 0. The summed E-state index contributed by atoms with van der Waals surface area (Å²) in [6.07, 6.45) is 3.23. The van der Waals surface area contributed by atoms with Gasteiger partial charge in [0, 0.05) is 6.54 Å². The Hall–Kier alpha value is -0.610. The zero-order valence-corrected chi connectivity index (χ0v) is 7.60. The van der Waals surface area contributed by atoms with Crippen molar-refractivity contribution in [2.45, 2.75) is 13.8 Å². The fourth-order valence-electron chi connectivity index (χ4n) is 0.621. The molecule has 0 aliphatic heterocycles. The molecule has 11 heavy (non-hydrogen) atoms. The zero-order valence-electron chi connectivity index (χ0n) is 6.70. The van der Waals surface area contributed by atoms with E-state index in [0.29, 0.717) is 10.5 Å². The van der Waals surface area contributed by atoms with Crippen LogP contribution in [0.25, 0.3) is 0 Å². The van der Waals surface area contributed by atoms with Gasteiger partial charge < -0.3 is 5.73 Å². The highest BCUT2D eigenvalue weighted by atomic mass is 32.2. The fourth-order valence-corrected chi connectivity index (χ4v) is 1.30. The molecule has 0 rings (SSSR count). The maximum absolute atomic E-state index is 10.6. The molecule has 0 aliphatic rings. The normalized spacial score (nSPS) is 14.2. The first-order valence-corrected chi connectivity index (χ1v) is 4.48. The van der Waals surface area contributed by atoms with Crippen LogP contribution in [-0.4, -0.2) is 15.0 Å². The van der Waals surface area contributed by atoms with E-state index in [1.807, 2.05) is 0 Å². The van der Waals surface area contributed by atoms with Crippen molar-refractivity contribution in [3.05, 3.63) is 22.6 Å². The molecule has 0 aliphatic carbocycles. The summed E-state index contributed by atoms with van der Waals surface area (Å²) in [4.78, 5) is 0.324. The van der Waals surface area contributed by atoms with Crippen molar-refractivity contribution in [1.82, 2.24) is 0 Å². The monoisotopic (exact) mass is 175 g/mol. The van der Waals surface area contributed by atoms with Crippen LogP contribution in [0.1, 0.15) is 13.8 Å². The van der Waals surface area contributed by atoms with Crippen molar-refractivity contribution in [3.8, 4) is 0 Å². The summed E-state index contributed by atoms with van der Waals surface area (Å²) in [5.74, 6) is 0. The van der Waals surface area contributed by atoms with E-state index in [1.54, 1.807) is 26.0 Å². The zero-order chi connectivity index (χ0) is 8.85. The molecule has 0 aromatic carbocycles. The molecule has 0 saturated carbocycles. The van der Waals surface area contributed by atoms with Crippen LogP contribution in [0.2, 0.25) is 0 Å². The van der Waals surface area contributed by atoms with Gasteiger partial charge in [-0.1, -0.05) is 6.08 Å². The van der Waals surface area contributed by atoms with Crippen LogP contribution < -0.4 is 5.73 Å². The molecule has 0 amide bonds. The minimum atomic E-state index is -2.50. The summed E-state index contributed by atoms with van der Waals surface area (Å²) in [6, 6.07) is 0. The Morgan fingerprint density at radius 1 is 1.55 bits per heavy atom. The highest BCUT2D eigenvalue weighted by Crippen LogP contribution is 2.04. The van der Waals surface area contributed by atoms with Crippen LogP contribution in [0, 0.1) is 0 Å². The molecule has 0 unspecified atom stereocenters. The lowest BCUT2D eigenvalue weighted by Crippen LogP contribution is -2.03. The molecule has 0 saturated heterocycles. The average molecular weight is 175 g/mol. The third-order valence-electron chi connectivity index (χ3n) is 1.26. The molecule has 0 aromatic rings. The molecule has 0 atom stereocenters. The number of rotatable bonds is 3.